The summed E-state index contributed by atoms with van der Waals surface area (Å²) in [6.07, 6.45) is 1.36. The van der Waals surface area contributed by atoms with E-state index in [1.807, 2.05) is 48.5 Å². The second-order valence-corrected chi connectivity index (χ2v) is 6.95. The summed E-state index contributed by atoms with van der Waals surface area (Å²) in [4.78, 5) is 25.3. The van der Waals surface area contributed by atoms with Crippen molar-refractivity contribution in [3.05, 3.63) is 58.6 Å². The molecule has 0 saturated heterocycles. The quantitative estimate of drug-likeness (QED) is 0.661. The molecule has 26 heavy (non-hydrogen) atoms. The summed E-state index contributed by atoms with van der Waals surface area (Å²) in [7, 11) is 3.47. The largest absolute Gasteiger partial charge is 0.492 e. The fraction of sp³-hybridized carbons (Fsp3) is 0.300. The van der Waals surface area contributed by atoms with Crippen LogP contribution in [0.4, 0.5) is 5.69 Å². The standard InChI is InChI=1S/C20H23BrN2O3/c1-23(2)20(25)14-15-9-11-16(12-10-15)22-19(24)8-5-13-26-18-7-4-3-6-17(18)21/h3-4,6-7,9-12H,5,8,13-14H2,1-2H3,(H,22,24). The molecule has 5 nitrogen and oxygen atoms in total. The minimum Gasteiger partial charge on any atom is -0.492 e. The Morgan fingerprint density at radius 1 is 1.08 bits per heavy atom. The molecule has 0 aromatic heterocycles. The first kappa shape index (κ1) is 20.0. The number of ether oxygens (including phenoxy) is 1. The Kier molecular flexibility index (Phi) is 7.66. The smallest absolute Gasteiger partial charge is 0.226 e. The van der Waals surface area contributed by atoms with Gasteiger partial charge in [0, 0.05) is 26.2 Å². The Labute approximate surface area is 162 Å². The molecule has 0 unspecified atom stereocenters. The number of carbonyl (C=O) groups is 2. The maximum Gasteiger partial charge on any atom is 0.226 e. The number of halogens is 1. The number of nitrogens with zero attached hydrogens (tertiary/aromatic N) is 1. The van der Waals surface area contributed by atoms with Gasteiger partial charge in [-0.05, 0) is 52.2 Å². The van der Waals surface area contributed by atoms with Crippen molar-refractivity contribution in [3.63, 3.8) is 0 Å². The van der Waals surface area contributed by atoms with Gasteiger partial charge >= 0.3 is 0 Å². The Morgan fingerprint density at radius 2 is 1.77 bits per heavy atom. The summed E-state index contributed by atoms with van der Waals surface area (Å²) in [5.41, 5.74) is 1.64. The first-order valence-electron chi connectivity index (χ1n) is 8.42. The number of nitrogens with one attached hydrogen (secondary N) is 1. The third-order valence-electron chi connectivity index (χ3n) is 3.73. The van der Waals surface area contributed by atoms with Crippen molar-refractivity contribution in [1.29, 1.82) is 0 Å². The Balaban J connectivity index is 1.72. The minimum atomic E-state index is -0.0576. The van der Waals surface area contributed by atoms with Crippen LogP contribution in [0.25, 0.3) is 0 Å². The van der Waals surface area contributed by atoms with E-state index in [0.717, 1.165) is 21.5 Å². The minimum absolute atomic E-state index is 0.0480. The number of benzene rings is 2. The van der Waals surface area contributed by atoms with E-state index in [-0.39, 0.29) is 11.8 Å². The normalized spacial score (nSPS) is 10.3. The zero-order valence-electron chi connectivity index (χ0n) is 15.0. The average molecular weight is 419 g/mol. The highest BCUT2D eigenvalue weighted by atomic mass is 79.9. The fourth-order valence-electron chi connectivity index (χ4n) is 2.24. The summed E-state index contributed by atoms with van der Waals surface area (Å²) in [6.45, 7) is 0.474. The van der Waals surface area contributed by atoms with Crippen LogP contribution < -0.4 is 10.1 Å². The Morgan fingerprint density at radius 3 is 2.42 bits per heavy atom. The van der Waals surface area contributed by atoms with Gasteiger partial charge in [0.2, 0.25) is 11.8 Å². The number of para-hydroxylation sites is 1. The van der Waals surface area contributed by atoms with Crippen LogP contribution >= 0.6 is 15.9 Å². The first-order valence-corrected chi connectivity index (χ1v) is 9.21. The SMILES string of the molecule is CN(C)C(=O)Cc1ccc(NC(=O)CCCOc2ccccc2Br)cc1. The summed E-state index contributed by atoms with van der Waals surface area (Å²) in [5, 5.41) is 2.86. The topological polar surface area (TPSA) is 58.6 Å². The van der Waals surface area contributed by atoms with Gasteiger partial charge in [0.1, 0.15) is 5.75 Å². The number of likely N-dealkylation sites (N-methyl/N-ethyl adjacent to an activating group) is 1. The molecule has 0 spiro atoms. The second kappa shape index (κ2) is 9.97. The predicted molar refractivity (Wildman–Crippen MR) is 106 cm³/mol. The van der Waals surface area contributed by atoms with E-state index < -0.39 is 0 Å². The van der Waals surface area contributed by atoms with Crippen molar-refractivity contribution in [2.45, 2.75) is 19.3 Å². The predicted octanol–water partition coefficient (Wildman–Crippen LogP) is 3.88. The zero-order valence-corrected chi connectivity index (χ0v) is 16.6. The van der Waals surface area contributed by atoms with Crippen molar-refractivity contribution in [3.8, 4) is 5.75 Å². The van der Waals surface area contributed by atoms with Gasteiger partial charge < -0.3 is 15.0 Å². The van der Waals surface area contributed by atoms with Crippen LogP contribution in [0.2, 0.25) is 0 Å². The van der Waals surface area contributed by atoms with Crippen LogP contribution in [0, 0.1) is 0 Å². The van der Waals surface area contributed by atoms with E-state index >= 15 is 0 Å². The number of hydrogen-bond donors (Lipinski definition) is 1. The summed E-state index contributed by atoms with van der Waals surface area (Å²) in [5.74, 6) is 0.764. The molecule has 2 aromatic rings. The van der Waals surface area contributed by atoms with Gasteiger partial charge in [-0.2, -0.15) is 0 Å². The van der Waals surface area contributed by atoms with Crippen molar-refractivity contribution in [2.75, 3.05) is 26.0 Å². The van der Waals surface area contributed by atoms with E-state index in [0.29, 0.717) is 25.9 Å². The molecular formula is C20H23BrN2O3. The van der Waals surface area contributed by atoms with Gasteiger partial charge in [-0.1, -0.05) is 24.3 Å². The van der Waals surface area contributed by atoms with Gasteiger partial charge in [0.25, 0.3) is 0 Å². The number of hydrogen-bond acceptors (Lipinski definition) is 3. The molecule has 0 radical (unpaired) electrons. The van der Waals surface area contributed by atoms with E-state index in [4.69, 9.17) is 4.74 Å². The van der Waals surface area contributed by atoms with E-state index in [2.05, 4.69) is 21.2 Å². The number of anilines is 1. The molecule has 0 fully saturated rings. The third-order valence-corrected chi connectivity index (χ3v) is 4.39. The molecule has 0 bridgehead atoms. The fourth-order valence-corrected chi connectivity index (χ4v) is 2.64. The lowest BCUT2D eigenvalue weighted by molar-refractivity contribution is -0.128. The lowest BCUT2D eigenvalue weighted by Crippen LogP contribution is -2.23. The molecule has 0 aliphatic carbocycles. The molecule has 2 aromatic carbocycles. The molecule has 2 amide bonds. The van der Waals surface area contributed by atoms with Crippen LogP contribution in [0.15, 0.2) is 53.0 Å². The van der Waals surface area contributed by atoms with E-state index in [9.17, 15) is 9.59 Å². The highest BCUT2D eigenvalue weighted by Crippen LogP contribution is 2.23. The maximum absolute atomic E-state index is 12.0. The molecule has 138 valence electrons. The second-order valence-electron chi connectivity index (χ2n) is 6.09. The molecule has 6 heteroatoms. The molecule has 0 atom stereocenters. The maximum atomic E-state index is 12.0. The highest BCUT2D eigenvalue weighted by Gasteiger charge is 2.07. The first-order chi connectivity index (χ1) is 12.5. The van der Waals surface area contributed by atoms with E-state index in [1.165, 1.54) is 0 Å². The number of amides is 2. The Bertz CT molecular complexity index is 745. The van der Waals surface area contributed by atoms with E-state index in [1.54, 1.807) is 19.0 Å². The lowest BCUT2D eigenvalue weighted by atomic mass is 10.1. The van der Waals surface area contributed by atoms with Crippen LogP contribution in [0.1, 0.15) is 18.4 Å². The van der Waals surface area contributed by atoms with Gasteiger partial charge in [0.15, 0.2) is 0 Å². The molecule has 0 aliphatic heterocycles. The molecule has 0 aliphatic rings. The van der Waals surface area contributed by atoms with Crippen molar-refractivity contribution in [2.24, 2.45) is 0 Å². The van der Waals surface area contributed by atoms with Crippen molar-refractivity contribution >= 4 is 33.4 Å². The van der Waals surface area contributed by atoms with Gasteiger partial charge in [-0.25, -0.2) is 0 Å². The summed E-state index contributed by atoms with van der Waals surface area (Å²) >= 11 is 3.42. The highest BCUT2D eigenvalue weighted by molar-refractivity contribution is 9.10. The Hall–Kier alpha value is -2.34. The molecule has 0 saturated carbocycles. The van der Waals surface area contributed by atoms with Crippen LogP contribution in [-0.2, 0) is 16.0 Å². The summed E-state index contributed by atoms with van der Waals surface area (Å²) in [6, 6.07) is 15.0. The molecule has 2 rings (SSSR count). The zero-order chi connectivity index (χ0) is 18.9. The monoisotopic (exact) mass is 418 g/mol. The third kappa shape index (κ3) is 6.52. The average Bonchev–Trinajstić information content (AvgIpc) is 2.61. The van der Waals surface area contributed by atoms with Crippen LogP contribution in [0.5, 0.6) is 5.75 Å². The van der Waals surface area contributed by atoms with Crippen molar-refractivity contribution in [1.82, 2.24) is 4.90 Å². The van der Waals surface area contributed by atoms with Crippen molar-refractivity contribution < 1.29 is 14.3 Å². The number of carbonyl (C=O) groups excluding carboxylic acids is 2. The molecular weight excluding hydrogens is 396 g/mol. The lowest BCUT2D eigenvalue weighted by Gasteiger charge is -2.11. The van der Waals surface area contributed by atoms with Crippen LogP contribution in [0.3, 0.4) is 0 Å². The van der Waals surface area contributed by atoms with Gasteiger partial charge in [-0.3, -0.25) is 9.59 Å². The van der Waals surface area contributed by atoms with Gasteiger partial charge in [0.05, 0.1) is 17.5 Å². The number of rotatable bonds is 8. The van der Waals surface area contributed by atoms with Crippen LogP contribution in [-0.4, -0.2) is 37.4 Å². The van der Waals surface area contributed by atoms with Gasteiger partial charge in [-0.15, -0.1) is 0 Å². The molecule has 0 heterocycles. The molecule has 1 N–H and O–H groups in total. The summed E-state index contributed by atoms with van der Waals surface area (Å²) < 4.78 is 6.55.